The maximum absolute atomic E-state index is 12.6. The third-order valence-corrected chi connectivity index (χ3v) is 4.71. The van der Waals surface area contributed by atoms with Gasteiger partial charge in [-0.3, -0.25) is 9.10 Å². The summed E-state index contributed by atoms with van der Waals surface area (Å²) in [6.07, 6.45) is 3.68. The third kappa shape index (κ3) is 2.59. The first-order valence-electron chi connectivity index (χ1n) is 6.13. The summed E-state index contributed by atoms with van der Waals surface area (Å²) in [4.78, 5) is 15.3. The molecule has 1 amide bonds. The van der Waals surface area contributed by atoms with Gasteiger partial charge in [-0.25, -0.2) is 4.21 Å². The molecule has 1 aliphatic rings. The highest BCUT2D eigenvalue weighted by Crippen LogP contribution is 2.25. The number of amides is 1. The van der Waals surface area contributed by atoms with Crippen LogP contribution in [-0.4, -0.2) is 25.7 Å². The predicted molar refractivity (Wildman–Crippen MR) is 77.6 cm³/mol. The Morgan fingerprint density at radius 2 is 2.05 bits per heavy atom. The van der Waals surface area contributed by atoms with Crippen LogP contribution in [0.1, 0.15) is 24.2 Å². The van der Waals surface area contributed by atoms with E-state index >= 15 is 0 Å². The Morgan fingerprint density at radius 1 is 1.35 bits per heavy atom. The second kappa shape index (κ2) is 5.90. The van der Waals surface area contributed by atoms with Crippen LogP contribution in [-0.2, 0) is 11.0 Å². The van der Waals surface area contributed by atoms with Gasteiger partial charge in [-0.1, -0.05) is 35.5 Å². The van der Waals surface area contributed by atoms with Gasteiger partial charge < -0.3 is 0 Å². The van der Waals surface area contributed by atoms with E-state index in [1.807, 2.05) is 12.2 Å². The van der Waals surface area contributed by atoms with Crippen LogP contribution in [0.4, 0.5) is 5.69 Å². The lowest BCUT2D eigenvalue weighted by Gasteiger charge is -2.31. The summed E-state index contributed by atoms with van der Waals surface area (Å²) in [5.41, 5.74) is 9.04. The Labute approximate surface area is 119 Å². The van der Waals surface area contributed by atoms with Crippen molar-refractivity contribution in [3.05, 3.63) is 52.4 Å². The van der Waals surface area contributed by atoms with E-state index in [4.69, 9.17) is 5.53 Å². The molecule has 0 aromatic heterocycles. The average Bonchev–Trinajstić information content (AvgIpc) is 2.44. The molecule has 3 atom stereocenters. The van der Waals surface area contributed by atoms with Crippen molar-refractivity contribution in [3.63, 3.8) is 0 Å². The second-order valence-electron chi connectivity index (χ2n) is 4.44. The Kier molecular flexibility index (Phi) is 4.22. The lowest BCUT2D eigenvalue weighted by atomic mass is 10.1. The van der Waals surface area contributed by atoms with Crippen LogP contribution in [0.3, 0.4) is 0 Å². The Balaban J connectivity index is 2.44. The van der Waals surface area contributed by atoms with Crippen molar-refractivity contribution in [1.82, 2.24) is 4.31 Å². The SMILES string of the molecule is C[C@@H]1C=C[C@H](C)N(C(=O)c2ccccc2N=[N+]=[N-])[S@@]1=O. The lowest BCUT2D eigenvalue weighted by Crippen LogP contribution is -2.44. The highest BCUT2D eigenvalue weighted by Gasteiger charge is 2.31. The van der Waals surface area contributed by atoms with Crippen LogP contribution >= 0.6 is 0 Å². The molecule has 0 radical (unpaired) electrons. The molecule has 0 fully saturated rings. The van der Waals surface area contributed by atoms with Gasteiger partial charge in [-0.2, -0.15) is 0 Å². The number of nitrogens with zero attached hydrogens (tertiary/aromatic N) is 4. The molecule has 0 bridgehead atoms. The molecule has 0 saturated carbocycles. The van der Waals surface area contributed by atoms with Crippen LogP contribution in [0.25, 0.3) is 10.4 Å². The van der Waals surface area contributed by atoms with Gasteiger partial charge in [-0.15, -0.1) is 0 Å². The molecule has 1 aromatic carbocycles. The Morgan fingerprint density at radius 3 is 2.75 bits per heavy atom. The van der Waals surface area contributed by atoms with E-state index in [2.05, 4.69) is 10.0 Å². The van der Waals surface area contributed by atoms with E-state index < -0.39 is 16.9 Å². The fourth-order valence-electron chi connectivity index (χ4n) is 1.98. The molecule has 6 nitrogen and oxygen atoms in total. The number of rotatable bonds is 2. The van der Waals surface area contributed by atoms with E-state index in [0.717, 1.165) is 0 Å². The first-order valence-corrected chi connectivity index (χ1v) is 7.30. The van der Waals surface area contributed by atoms with Crippen molar-refractivity contribution in [2.24, 2.45) is 5.11 Å². The summed E-state index contributed by atoms with van der Waals surface area (Å²) in [7, 11) is -1.43. The minimum atomic E-state index is -1.43. The van der Waals surface area contributed by atoms with E-state index in [1.165, 1.54) is 4.31 Å². The standard InChI is InChI=1S/C13H14N4O2S/c1-9-7-8-10(2)20(19)17(9)13(18)11-5-3-4-6-12(11)15-16-14/h3-10H,1-2H3/t9-,10+,20+/m0/s1. The van der Waals surface area contributed by atoms with Crippen molar-refractivity contribution in [2.45, 2.75) is 25.1 Å². The van der Waals surface area contributed by atoms with Crippen LogP contribution < -0.4 is 0 Å². The van der Waals surface area contributed by atoms with Gasteiger partial charge in [0.05, 0.1) is 22.5 Å². The molecule has 0 unspecified atom stereocenters. The molecule has 0 N–H and O–H groups in total. The van der Waals surface area contributed by atoms with Crippen molar-refractivity contribution in [3.8, 4) is 0 Å². The van der Waals surface area contributed by atoms with Gasteiger partial charge in [0.25, 0.3) is 5.91 Å². The van der Waals surface area contributed by atoms with Gasteiger partial charge in [0.1, 0.15) is 11.0 Å². The summed E-state index contributed by atoms with van der Waals surface area (Å²) in [5.74, 6) is -0.393. The Bertz CT molecular complexity index is 637. The lowest BCUT2D eigenvalue weighted by molar-refractivity contribution is 0.0849. The first-order chi connectivity index (χ1) is 9.56. The molecule has 1 aromatic rings. The van der Waals surface area contributed by atoms with E-state index in [9.17, 15) is 9.00 Å². The number of hydrogen-bond acceptors (Lipinski definition) is 3. The molecule has 2 rings (SSSR count). The third-order valence-electron chi connectivity index (χ3n) is 3.03. The Hall–Kier alpha value is -2.11. The molecular weight excluding hydrogens is 276 g/mol. The summed E-state index contributed by atoms with van der Waals surface area (Å²) in [6, 6.07) is 6.22. The summed E-state index contributed by atoms with van der Waals surface area (Å²) in [5, 5.41) is 3.29. The van der Waals surface area contributed by atoms with Crippen LogP contribution in [0.5, 0.6) is 0 Å². The zero-order valence-electron chi connectivity index (χ0n) is 11.1. The molecule has 0 spiro atoms. The number of hydrogen-bond donors (Lipinski definition) is 0. The van der Waals surface area contributed by atoms with Gasteiger partial charge >= 0.3 is 0 Å². The second-order valence-corrected chi connectivity index (χ2v) is 6.13. The maximum Gasteiger partial charge on any atom is 0.266 e. The topological polar surface area (TPSA) is 86.1 Å². The largest absolute Gasteiger partial charge is 0.268 e. The summed E-state index contributed by atoms with van der Waals surface area (Å²) in [6.45, 7) is 3.59. The predicted octanol–water partition coefficient (Wildman–Crippen LogP) is 3.08. The van der Waals surface area contributed by atoms with Crippen molar-refractivity contribution < 1.29 is 9.00 Å². The van der Waals surface area contributed by atoms with Crippen LogP contribution in [0.15, 0.2) is 41.5 Å². The molecule has 1 aliphatic heterocycles. The zero-order valence-corrected chi connectivity index (χ0v) is 11.9. The number of benzene rings is 1. The summed E-state index contributed by atoms with van der Waals surface area (Å²) >= 11 is 0. The highest BCUT2D eigenvalue weighted by atomic mass is 32.2. The van der Waals surface area contributed by atoms with Crippen molar-refractivity contribution >= 4 is 22.6 Å². The van der Waals surface area contributed by atoms with E-state index in [1.54, 1.807) is 38.1 Å². The molecule has 0 saturated heterocycles. The molecular formula is C13H14N4O2S. The molecule has 7 heteroatoms. The fraction of sp³-hybridized carbons (Fsp3) is 0.308. The first kappa shape index (κ1) is 14.3. The smallest absolute Gasteiger partial charge is 0.266 e. The normalized spacial score (nSPS) is 25.1. The fourth-order valence-corrected chi connectivity index (χ4v) is 3.22. The monoisotopic (exact) mass is 290 g/mol. The quantitative estimate of drug-likeness (QED) is 0.363. The van der Waals surface area contributed by atoms with Crippen LogP contribution in [0, 0.1) is 0 Å². The van der Waals surface area contributed by atoms with Gasteiger partial charge in [-0.05, 0) is 25.4 Å². The minimum absolute atomic E-state index is 0.221. The average molecular weight is 290 g/mol. The number of carbonyl (C=O) groups is 1. The van der Waals surface area contributed by atoms with E-state index in [-0.39, 0.29) is 22.5 Å². The van der Waals surface area contributed by atoms with Crippen molar-refractivity contribution in [1.29, 1.82) is 0 Å². The minimum Gasteiger partial charge on any atom is -0.268 e. The number of azide groups is 1. The van der Waals surface area contributed by atoms with Crippen molar-refractivity contribution in [2.75, 3.05) is 0 Å². The van der Waals surface area contributed by atoms with Gasteiger partial charge in [0.2, 0.25) is 0 Å². The molecule has 1 heterocycles. The molecule has 20 heavy (non-hydrogen) atoms. The van der Waals surface area contributed by atoms with Crippen LogP contribution in [0.2, 0.25) is 0 Å². The zero-order chi connectivity index (χ0) is 14.7. The van der Waals surface area contributed by atoms with E-state index in [0.29, 0.717) is 0 Å². The highest BCUT2D eigenvalue weighted by molar-refractivity contribution is 7.84. The summed E-state index contributed by atoms with van der Waals surface area (Å²) < 4.78 is 13.6. The molecule has 0 aliphatic carbocycles. The number of carbonyl (C=O) groups excluding carboxylic acids is 1. The van der Waals surface area contributed by atoms with Gasteiger partial charge in [0, 0.05) is 4.91 Å². The van der Waals surface area contributed by atoms with Gasteiger partial charge in [0.15, 0.2) is 0 Å². The maximum atomic E-state index is 12.6. The molecule has 104 valence electrons.